The highest BCUT2D eigenvalue weighted by Crippen LogP contribution is 2.21. The quantitative estimate of drug-likeness (QED) is 0.786. The van der Waals surface area contributed by atoms with Gasteiger partial charge in [0, 0.05) is 24.5 Å². The number of rotatable bonds is 4. The number of aromatic nitrogens is 4. The topological polar surface area (TPSA) is 64.7 Å². The van der Waals surface area contributed by atoms with Gasteiger partial charge in [-0.05, 0) is 23.8 Å². The first-order chi connectivity index (χ1) is 11.0. The van der Waals surface area contributed by atoms with Crippen LogP contribution in [-0.4, -0.2) is 25.5 Å². The van der Waals surface area contributed by atoms with Crippen molar-refractivity contribution in [2.75, 3.05) is 5.32 Å². The predicted molar refractivity (Wildman–Crippen MR) is 89.0 cm³/mol. The minimum Gasteiger partial charge on any atom is -0.302 e. The van der Waals surface area contributed by atoms with Gasteiger partial charge in [-0.25, -0.2) is 0 Å². The van der Waals surface area contributed by atoms with Crippen molar-refractivity contribution in [2.24, 2.45) is 7.05 Å². The van der Waals surface area contributed by atoms with E-state index in [2.05, 4.69) is 15.5 Å². The molecule has 1 N–H and O–H groups in total. The molecule has 3 aromatic rings. The summed E-state index contributed by atoms with van der Waals surface area (Å²) in [5, 5.41) is 12.0. The van der Waals surface area contributed by atoms with Crippen LogP contribution in [0.25, 0.3) is 0 Å². The van der Waals surface area contributed by atoms with Gasteiger partial charge in [-0.2, -0.15) is 10.2 Å². The van der Waals surface area contributed by atoms with Crippen molar-refractivity contribution in [3.63, 3.8) is 0 Å². The highest BCUT2D eigenvalue weighted by molar-refractivity contribution is 6.33. The van der Waals surface area contributed by atoms with Crippen molar-refractivity contribution in [2.45, 2.75) is 6.54 Å². The largest absolute Gasteiger partial charge is 0.302 e. The Balaban J connectivity index is 1.73. The number of amides is 1. The third-order valence-corrected chi connectivity index (χ3v) is 3.68. The standard InChI is InChI=1S/C15H13Cl2N5O/c1-21-7-6-13(19-21)15(23)18-14-12(17)9-22(20-14)8-10-2-4-11(16)5-3-10/h2-7,9H,8H2,1H3,(H,18,20,23). The molecule has 1 aromatic carbocycles. The lowest BCUT2D eigenvalue weighted by atomic mass is 10.2. The monoisotopic (exact) mass is 349 g/mol. The van der Waals surface area contributed by atoms with E-state index in [1.165, 1.54) is 0 Å². The van der Waals surface area contributed by atoms with Crippen LogP contribution in [-0.2, 0) is 13.6 Å². The van der Waals surface area contributed by atoms with Crippen LogP contribution in [0.15, 0.2) is 42.7 Å². The third kappa shape index (κ3) is 3.72. The summed E-state index contributed by atoms with van der Waals surface area (Å²) in [6.45, 7) is 0.524. The zero-order chi connectivity index (χ0) is 16.4. The molecule has 0 bridgehead atoms. The van der Waals surface area contributed by atoms with Crippen LogP contribution >= 0.6 is 23.2 Å². The number of halogens is 2. The van der Waals surface area contributed by atoms with E-state index in [0.29, 0.717) is 28.1 Å². The number of nitrogens with one attached hydrogen (secondary N) is 1. The molecule has 1 amide bonds. The number of benzene rings is 1. The molecule has 8 heteroatoms. The van der Waals surface area contributed by atoms with Crippen LogP contribution in [0.4, 0.5) is 5.82 Å². The maximum Gasteiger partial charge on any atom is 0.277 e. The average molecular weight is 350 g/mol. The van der Waals surface area contributed by atoms with Gasteiger partial charge in [-0.1, -0.05) is 35.3 Å². The minimum atomic E-state index is -0.357. The molecule has 0 unspecified atom stereocenters. The summed E-state index contributed by atoms with van der Waals surface area (Å²) in [6, 6.07) is 9.06. The molecular weight excluding hydrogens is 337 g/mol. The highest BCUT2D eigenvalue weighted by Gasteiger charge is 2.14. The zero-order valence-electron chi connectivity index (χ0n) is 12.2. The second-order valence-corrected chi connectivity index (χ2v) is 5.82. The first kappa shape index (κ1) is 15.6. The van der Waals surface area contributed by atoms with Gasteiger partial charge in [0.1, 0.15) is 5.02 Å². The average Bonchev–Trinajstić information content (AvgIpc) is 3.08. The Morgan fingerprint density at radius 1 is 1.17 bits per heavy atom. The Kier molecular flexibility index (Phi) is 4.36. The Labute approximate surface area is 142 Å². The molecule has 0 saturated heterocycles. The van der Waals surface area contributed by atoms with E-state index in [-0.39, 0.29) is 5.91 Å². The van der Waals surface area contributed by atoms with Crippen molar-refractivity contribution in [3.05, 3.63) is 64.0 Å². The molecule has 3 rings (SSSR count). The van der Waals surface area contributed by atoms with Gasteiger partial charge in [0.15, 0.2) is 11.5 Å². The summed E-state index contributed by atoms with van der Waals surface area (Å²) in [7, 11) is 1.74. The molecular formula is C15H13Cl2N5O. The van der Waals surface area contributed by atoms with Crippen LogP contribution < -0.4 is 5.32 Å². The number of hydrogen-bond donors (Lipinski definition) is 1. The number of hydrogen-bond acceptors (Lipinski definition) is 3. The van der Waals surface area contributed by atoms with Crippen molar-refractivity contribution in [3.8, 4) is 0 Å². The Bertz CT molecular complexity index is 838. The van der Waals surface area contributed by atoms with Gasteiger partial charge < -0.3 is 5.32 Å². The summed E-state index contributed by atoms with van der Waals surface area (Å²) in [5.41, 5.74) is 1.33. The number of aryl methyl sites for hydroxylation is 1. The first-order valence-electron chi connectivity index (χ1n) is 6.79. The predicted octanol–water partition coefficient (Wildman–Crippen LogP) is 3.22. The summed E-state index contributed by atoms with van der Waals surface area (Å²) in [4.78, 5) is 12.1. The van der Waals surface area contributed by atoms with Gasteiger partial charge in [-0.15, -0.1) is 0 Å². The van der Waals surface area contributed by atoms with Crippen LogP contribution in [0.5, 0.6) is 0 Å². The Hall–Kier alpha value is -2.31. The fourth-order valence-electron chi connectivity index (χ4n) is 2.05. The lowest BCUT2D eigenvalue weighted by molar-refractivity contribution is 0.102. The van der Waals surface area contributed by atoms with Crippen LogP contribution in [0.2, 0.25) is 10.0 Å². The van der Waals surface area contributed by atoms with E-state index in [1.807, 2.05) is 24.3 Å². The summed E-state index contributed by atoms with van der Waals surface area (Å²) >= 11 is 12.0. The van der Waals surface area contributed by atoms with Crippen molar-refractivity contribution < 1.29 is 4.79 Å². The summed E-state index contributed by atoms with van der Waals surface area (Å²) in [6.07, 6.45) is 3.35. The molecule has 0 spiro atoms. The second kappa shape index (κ2) is 6.44. The van der Waals surface area contributed by atoms with Gasteiger partial charge in [-0.3, -0.25) is 14.2 Å². The molecule has 0 aliphatic heterocycles. The molecule has 118 valence electrons. The molecule has 0 atom stereocenters. The number of nitrogens with zero attached hydrogens (tertiary/aromatic N) is 4. The fourth-order valence-corrected chi connectivity index (χ4v) is 2.37. The van der Waals surface area contributed by atoms with Crippen LogP contribution in [0, 0.1) is 0 Å². The third-order valence-electron chi connectivity index (χ3n) is 3.15. The molecule has 0 radical (unpaired) electrons. The fraction of sp³-hybridized carbons (Fsp3) is 0.133. The maximum absolute atomic E-state index is 12.1. The number of carbonyl (C=O) groups excluding carboxylic acids is 1. The van der Waals surface area contributed by atoms with Crippen LogP contribution in [0.3, 0.4) is 0 Å². The van der Waals surface area contributed by atoms with E-state index in [4.69, 9.17) is 23.2 Å². The maximum atomic E-state index is 12.1. The second-order valence-electron chi connectivity index (χ2n) is 4.98. The molecule has 0 aliphatic carbocycles. The van der Waals surface area contributed by atoms with Crippen molar-refractivity contribution in [1.82, 2.24) is 19.6 Å². The van der Waals surface area contributed by atoms with E-state index >= 15 is 0 Å². The van der Waals surface area contributed by atoms with Gasteiger partial charge in [0.2, 0.25) is 0 Å². The SMILES string of the molecule is Cn1ccc(C(=O)Nc2nn(Cc3ccc(Cl)cc3)cc2Cl)n1. The lowest BCUT2D eigenvalue weighted by Crippen LogP contribution is -2.14. The normalized spacial score (nSPS) is 10.7. The molecule has 0 saturated carbocycles. The molecule has 2 aromatic heterocycles. The van der Waals surface area contributed by atoms with Crippen molar-refractivity contribution in [1.29, 1.82) is 0 Å². The number of carbonyl (C=O) groups is 1. The Morgan fingerprint density at radius 2 is 1.91 bits per heavy atom. The Morgan fingerprint density at radius 3 is 2.57 bits per heavy atom. The van der Waals surface area contributed by atoms with Crippen molar-refractivity contribution >= 4 is 34.9 Å². The van der Waals surface area contributed by atoms with Gasteiger partial charge in [0.25, 0.3) is 5.91 Å². The summed E-state index contributed by atoms with van der Waals surface area (Å²) in [5.74, 6) is -0.0551. The minimum absolute atomic E-state index is 0.302. The highest BCUT2D eigenvalue weighted by atomic mass is 35.5. The van der Waals surface area contributed by atoms with E-state index in [0.717, 1.165) is 5.56 Å². The van der Waals surface area contributed by atoms with Gasteiger partial charge >= 0.3 is 0 Å². The molecule has 0 fully saturated rings. The zero-order valence-corrected chi connectivity index (χ0v) is 13.7. The number of anilines is 1. The van der Waals surface area contributed by atoms with E-state index < -0.39 is 0 Å². The molecule has 23 heavy (non-hydrogen) atoms. The first-order valence-corrected chi connectivity index (χ1v) is 7.55. The molecule has 2 heterocycles. The smallest absolute Gasteiger partial charge is 0.277 e. The van der Waals surface area contributed by atoms with E-state index in [1.54, 1.807) is 34.9 Å². The van der Waals surface area contributed by atoms with E-state index in [9.17, 15) is 4.79 Å². The lowest BCUT2D eigenvalue weighted by Gasteiger charge is -2.02. The molecule has 6 nitrogen and oxygen atoms in total. The molecule has 0 aliphatic rings. The van der Waals surface area contributed by atoms with Crippen LogP contribution in [0.1, 0.15) is 16.1 Å². The van der Waals surface area contributed by atoms with Gasteiger partial charge in [0.05, 0.1) is 6.54 Å². The summed E-state index contributed by atoms with van der Waals surface area (Å²) < 4.78 is 3.20.